The summed E-state index contributed by atoms with van der Waals surface area (Å²) in [6.07, 6.45) is 4.09. The second-order valence-electron chi connectivity index (χ2n) is 6.52. The Morgan fingerprint density at radius 2 is 2.08 bits per heavy atom. The van der Waals surface area contributed by atoms with Crippen LogP contribution in [0.3, 0.4) is 0 Å². The highest BCUT2D eigenvalue weighted by molar-refractivity contribution is 5.90. The first-order chi connectivity index (χ1) is 11.6. The Bertz CT molecular complexity index is 628. The Kier molecular flexibility index (Phi) is 4.99. The van der Waals surface area contributed by atoms with E-state index >= 15 is 0 Å². The zero-order valence-corrected chi connectivity index (χ0v) is 14.0. The lowest BCUT2D eigenvalue weighted by molar-refractivity contribution is -0.385. The number of nitro benzene ring substituents is 1. The van der Waals surface area contributed by atoms with Crippen LogP contribution in [0.25, 0.3) is 0 Å². The lowest BCUT2D eigenvalue weighted by atomic mass is 10.1. The number of benzene rings is 1. The topological polar surface area (TPSA) is 78.7 Å². The number of amides is 2. The predicted molar refractivity (Wildman–Crippen MR) is 92.3 cm³/mol. The maximum Gasteiger partial charge on any atom is 0.321 e. The van der Waals surface area contributed by atoms with Gasteiger partial charge in [-0.2, -0.15) is 0 Å². The lowest BCUT2D eigenvalue weighted by Crippen LogP contribution is -2.38. The van der Waals surface area contributed by atoms with Gasteiger partial charge in [-0.3, -0.25) is 15.0 Å². The summed E-state index contributed by atoms with van der Waals surface area (Å²) in [5.41, 5.74) is 1.22. The van der Waals surface area contributed by atoms with Crippen LogP contribution in [0.4, 0.5) is 16.2 Å². The number of hydrogen-bond acceptors (Lipinski definition) is 4. The van der Waals surface area contributed by atoms with Gasteiger partial charge in [-0.25, -0.2) is 4.79 Å². The average molecular weight is 332 g/mol. The van der Waals surface area contributed by atoms with Crippen molar-refractivity contribution in [2.45, 2.75) is 38.6 Å². The maximum atomic E-state index is 12.4. The highest BCUT2D eigenvalue weighted by atomic mass is 16.6. The molecule has 7 heteroatoms. The van der Waals surface area contributed by atoms with Gasteiger partial charge in [-0.15, -0.1) is 0 Å². The predicted octanol–water partition coefficient (Wildman–Crippen LogP) is 2.86. The minimum absolute atomic E-state index is 0.0617. The van der Waals surface area contributed by atoms with Gasteiger partial charge in [0.2, 0.25) is 0 Å². The van der Waals surface area contributed by atoms with Gasteiger partial charge in [0.25, 0.3) is 5.69 Å². The van der Waals surface area contributed by atoms with Crippen molar-refractivity contribution in [3.8, 4) is 0 Å². The number of carbonyl (C=O) groups is 1. The van der Waals surface area contributed by atoms with E-state index < -0.39 is 4.92 Å². The van der Waals surface area contributed by atoms with E-state index in [9.17, 15) is 14.9 Å². The van der Waals surface area contributed by atoms with Gasteiger partial charge in [-0.1, -0.05) is 13.0 Å². The molecule has 1 aromatic carbocycles. The van der Waals surface area contributed by atoms with Crippen LogP contribution >= 0.6 is 0 Å². The first kappa shape index (κ1) is 16.7. The van der Waals surface area contributed by atoms with E-state index in [-0.39, 0.29) is 11.7 Å². The van der Waals surface area contributed by atoms with E-state index in [0.717, 1.165) is 32.6 Å². The molecule has 2 fully saturated rings. The number of hydrogen-bond donors (Lipinski definition) is 1. The monoisotopic (exact) mass is 332 g/mol. The first-order valence-corrected chi connectivity index (χ1v) is 8.65. The fraction of sp³-hybridized carbons (Fsp3) is 0.588. The van der Waals surface area contributed by atoms with Crippen LogP contribution in [0.15, 0.2) is 18.2 Å². The van der Waals surface area contributed by atoms with Crippen LogP contribution in [0.2, 0.25) is 0 Å². The summed E-state index contributed by atoms with van der Waals surface area (Å²) in [5, 5.41) is 13.9. The molecule has 0 saturated carbocycles. The smallest absolute Gasteiger partial charge is 0.321 e. The van der Waals surface area contributed by atoms with Crippen LogP contribution in [-0.2, 0) is 6.42 Å². The van der Waals surface area contributed by atoms with Gasteiger partial charge in [0.05, 0.1) is 4.92 Å². The number of likely N-dealkylation sites (tertiary alicyclic amines) is 2. The van der Waals surface area contributed by atoms with Crippen LogP contribution < -0.4 is 5.32 Å². The highest BCUT2D eigenvalue weighted by Crippen LogP contribution is 2.25. The minimum Gasteiger partial charge on any atom is -0.323 e. The molecule has 7 nitrogen and oxygen atoms in total. The first-order valence-electron chi connectivity index (χ1n) is 8.65. The Morgan fingerprint density at radius 3 is 2.75 bits per heavy atom. The van der Waals surface area contributed by atoms with Crippen molar-refractivity contribution in [3.63, 3.8) is 0 Å². The van der Waals surface area contributed by atoms with Crippen molar-refractivity contribution < 1.29 is 9.72 Å². The normalized spacial score (nSPS) is 21.2. The van der Waals surface area contributed by atoms with E-state index in [1.807, 2.05) is 11.8 Å². The van der Waals surface area contributed by atoms with Gasteiger partial charge in [0.15, 0.2) is 0 Å². The number of rotatable bonds is 4. The van der Waals surface area contributed by atoms with Crippen LogP contribution in [-0.4, -0.2) is 53.0 Å². The molecule has 1 unspecified atom stereocenters. The average Bonchev–Trinajstić information content (AvgIpc) is 3.25. The fourth-order valence-electron chi connectivity index (χ4n) is 3.64. The summed E-state index contributed by atoms with van der Waals surface area (Å²) >= 11 is 0. The molecule has 0 bridgehead atoms. The van der Waals surface area contributed by atoms with Crippen molar-refractivity contribution in [1.29, 1.82) is 0 Å². The molecule has 2 aliphatic heterocycles. The van der Waals surface area contributed by atoms with E-state index in [0.29, 0.717) is 23.7 Å². The molecule has 1 atom stereocenters. The number of carbonyl (C=O) groups excluding carboxylic acids is 1. The second kappa shape index (κ2) is 7.17. The van der Waals surface area contributed by atoms with Crippen molar-refractivity contribution in [2.24, 2.45) is 0 Å². The molecular weight excluding hydrogens is 308 g/mol. The molecule has 130 valence electrons. The molecule has 2 heterocycles. The third-order valence-electron chi connectivity index (χ3n) is 5.02. The molecule has 1 aromatic rings. The molecule has 3 rings (SSSR count). The Labute approximate surface area is 141 Å². The number of anilines is 1. The van der Waals surface area contributed by atoms with Crippen molar-refractivity contribution in [2.75, 3.05) is 31.5 Å². The molecule has 2 aliphatic rings. The SMILES string of the molecule is CCc1ccc(NC(=O)N2CCC(N3CCCC3)C2)cc1[N+](=O)[O-]. The third kappa shape index (κ3) is 3.51. The summed E-state index contributed by atoms with van der Waals surface area (Å²) in [7, 11) is 0. The molecule has 24 heavy (non-hydrogen) atoms. The van der Waals surface area contributed by atoms with E-state index in [4.69, 9.17) is 0 Å². The Hall–Kier alpha value is -2.15. The van der Waals surface area contributed by atoms with E-state index in [1.54, 1.807) is 12.1 Å². The van der Waals surface area contributed by atoms with Crippen LogP contribution in [0.1, 0.15) is 31.7 Å². The van der Waals surface area contributed by atoms with Crippen LogP contribution in [0.5, 0.6) is 0 Å². The zero-order chi connectivity index (χ0) is 17.1. The maximum absolute atomic E-state index is 12.4. The molecule has 0 radical (unpaired) electrons. The summed E-state index contributed by atoms with van der Waals surface area (Å²) < 4.78 is 0. The summed E-state index contributed by atoms with van der Waals surface area (Å²) in [6.45, 7) is 5.61. The minimum atomic E-state index is -0.395. The van der Waals surface area contributed by atoms with Gasteiger partial charge >= 0.3 is 6.03 Å². The Morgan fingerprint density at radius 1 is 1.33 bits per heavy atom. The zero-order valence-electron chi connectivity index (χ0n) is 14.0. The van der Waals surface area contributed by atoms with Crippen molar-refractivity contribution in [3.05, 3.63) is 33.9 Å². The summed E-state index contributed by atoms with van der Waals surface area (Å²) in [4.78, 5) is 27.5. The number of aryl methyl sites for hydroxylation is 1. The van der Waals surface area contributed by atoms with Gasteiger partial charge in [-0.05, 0) is 44.8 Å². The molecule has 0 aromatic heterocycles. The number of urea groups is 1. The summed E-state index contributed by atoms with van der Waals surface area (Å²) in [6, 6.07) is 5.18. The third-order valence-corrected chi connectivity index (χ3v) is 5.02. The molecule has 2 saturated heterocycles. The number of nitrogens with zero attached hydrogens (tertiary/aromatic N) is 3. The van der Waals surface area contributed by atoms with Crippen LogP contribution in [0, 0.1) is 10.1 Å². The van der Waals surface area contributed by atoms with Gasteiger partial charge in [0.1, 0.15) is 0 Å². The molecular formula is C17H24N4O3. The second-order valence-corrected chi connectivity index (χ2v) is 6.52. The fourth-order valence-corrected chi connectivity index (χ4v) is 3.64. The number of nitro groups is 1. The van der Waals surface area contributed by atoms with Crippen molar-refractivity contribution >= 4 is 17.4 Å². The van der Waals surface area contributed by atoms with Crippen molar-refractivity contribution in [1.82, 2.24) is 9.80 Å². The molecule has 0 spiro atoms. The quantitative estimate of drug-likeness (QED) is 0.679. The van der Waals surface area contributed by atoms with Gasteiger partial charge < -0.3 is 10.2 Å². The number of nitrogens with one attached hydrogen (secondary N) is 1. The van der Waals surface area contributed by atoms with E-state index in [2.05, 4.69) is 10.2 Å². The molecule has 0 aliphatic carbocycles. The lowest BCUT2D eigenvalue weighted by Gasteiger charge is -2.23. The summed E-state index contributed by atoms with van der Waals surface area (Å²) in [5.74, 6) is 0. The molecule has 2 amide bonds. The van der Waals surface area contributed by atoms with Gasteiger partial charge in [0, 0.05) is 36.4 Å². The Balaban J connectivity index is 1.62. The highest BCUT2D eigenvalue weighted by Gasteiger charge is 2.31. The standard InChI is InChI=1S/C17H24N4O3/c1-2-13-5-6-14(11-16(13)21(23)24)18-17(22)20-10-7-15(12-20)19-8-3-4-9-19/h5-6,11,15H,2-4,7-10,12H2,1H3,(H,18,22). The van der Waals surface area contributed by atoms with E-state index in [1.165, 1.54) is 18.9 Å². The molecule has 1 N–H and O–H groups in total. The largest absolute Gasteiger partial charge is 0.323 e.